The lowest BCUT2D eigenvalue weighted by atomic mass is 10.1. The van der Waals surface area contributed by atoms with Crippen molar-refractivity contribution in [3.05, 3.63) is 28.3 Å². The number of ether oxygens (including phenoxy) is 2. The van der Waals surface area contributed by atoms with Crippen LogP contribution in [0.2, 0.25) is 0 Å². The SMILES string of the molecule is COc1ccc(OCC(O)C(C)C)c([N+](=O)[O-])c1. The molecular formula is C12H17NO5. The van der Waals surface area contributed by atoms with Crippen LogP contribution in [-0.2, 0) is 0 Å². The lowest BCUT2D eigenvalue weighted by Gasteiger charge is -2.15. The largest absolute Gasteiger partial charge is 0.496 e. The Morgan fingerprint density at radius 2 is 2.11 bits per heavy atom. The predicted octanol–water partition coefficient (Wildman–Crippen LogP) is 2.00. The quantitative estimate of drug-likeness (QED) is 0.621. The second-order valence-corrected chi connectivity index (χ2v) is 4.21. The first kappa shape index (κ1) is 14.2. The van der Waals surface area contributed by atoms with Gasteiger partial charge >= 0.3 is 5.69 Å². The van der Waals surface area contributed by atoms with Gasteiger partial charge in [0.15, 0.2) is 5.75 Å². The summed E-state index contributed by atoms with van der Waals surface area (Å²) in [5.74, 6) is 0.543. The predicted molar refractivity (Wildman–Crippen MR) is 66.0 cm³/mol. The molecule has 1 atom stereocenters. The highest BCUT2D eigenvalue weighted by atomic mass is 16.6. The Kier molecular flexibility index (Phi) is 4.91. The van der Waals surface area contributed by atoms with E-state index in [-0.39, 0.29) is 24.0 Å². The zero-order chi connectivity index (χ0) is 13.7. The van der Waals surface area contributed by atoms with Crippen molar-refractivity contribution in [3.63, 3.8) is 0 Å². The van der Waals surface area contributed by atoms with E-state index in [1.54, 1.807) is 6.07 Å². The van der Waals surface area contributed by atoms with Crippen LogP contribution in [0.4, 0.5) is 5.69 Å². The van der Waals surface area contributed by atoms with E-state index in [0.717, 1.165) is 0 Å². The number of rotatable bonds is 6. The van der Waals surface area contributed by atoms with Crippen molar-refractivity contribution in [2.75, 3.05) is 13.7 Å². The molecule has 0 fully saturated rings. The van der Waals surface area contributed by atoms with Gasteiger partial charge in [0.1, 0.15) is 12.4 Å². The van der Waals surface area contributed by atoms with Gasteiger partial charge in [-0.1, -0.05) is 13.8 Å². The summed E-state index contributed by atoms with van der Waals surface area (Å²) in [6.07, 6.45) is -0.660. The van der Waals surface area contributed by atoms with E-state index in [9.17, 15) is 15.2 Å². The van der Waals surface area contributed by atoms with Gasteiger partial charge in [0.05, 0.1) is 24.2 Å². The Hall–Kier alpha value is -1.82. The van der Waals surface area contributed by atoms with E-state index in [0.29, 0.717) is 5.75 Å². The van der Waals surface area contributed by atoms with Crippen molar-refractivity contribution in [3.8, 4) is 11.5 Å². The lowest BCUT2D eigenvalue weighted by molar-refractivity contribution is -0.386. The molecule has 1 rings (SSSR count). The molecule has 0 aliphatic heterocycles. The van der Waals surface area contributed by atoms with Crippen molar-refractivity contribution >= 4 is 5.69 Å². The van der Waals surface area contributed by atoms with Crippen molar-refractivity contribution in [2.24, 2.45) is 5.92 Å². The molecule has 0 saturated carbocycles. The molecule has 0 radical (unpaired) electrons. The Labute approximate surface area is 105 Å². The summed E-state index contributed by atoms with van der Waals surface area (Å²) >= 11 is 0. The highest BCUT2D eigenvalue weighted by molar-refractivity contribution is 5.50. The van der Waals surface area contributed by atoms with Crippen LogP contribution in [0.5, 0.6) is 11.5 Å². The summed E-state index contributed by atoms with van der Waals surface area (Å²) < 4.78 is 10.2. The third kappa shape index (κ3) is 3.59. The van der Waals surface area contributed by atoms with Crippen LogP contribution in [0.1, 0.15) is 13.8 Å². The van der Waals surface area contributed by atoms with Gasteiger partial charge in [-0.05, 0) is 18.1 Å². The summed E-state index contributed by atoms with van der Waals surface area (Å²) in [6.45, 7) is 3.71. The molecule has 100 valence electrons. The third-order valence-corrected chi connectivity index (χ3v) is 2.54. The van der Waals surface area contributed by atoms with Crippen LogP contribution in [0.25, 0.3) is 0 Å². The first-order valence-electron chi connectivity index (χ1n) is 5.59. The molecule has 1 aromatic rings. The van der Waals surface area contributed by atoms with E-state index in [1.165, 1.54) is 19.2 Å². The molecule has 0 bridgehead atoms. The molecule has 0 aromatic heterocycles. The standard InChI is InChI=1S/C12H17NO5/c1-8(2)11(14)7-18-12-5-4-9(17-3)6-10(12)13(15)16/h4-6,8,11,14H,7H2,1-3H3. The fourth-order valence-electron chi connectivity index (χ4n) is 1.26. The van der Waals surface area contributed by atoms with E-state index in [4.69, 9.17) is 9.47 Å². The number of hydrogen-bond donors (Lipinski definition) is 1. The molecule has 0 spiro atoms. The molecule has 1 aromatic carbocycles. The summed E-state index contributed by atoms with van der Waals surface area (Å²) in [7, 11) is 1.43. The molecule has 0 aliphatic rings. The Morgan fingerprint density at radius 3 is 2.61 bits per heavy atom. The van der Waals surface area contributed by atoms with Gasteiger partial charge in [-0.3, -0.25) is 10.1 Å². The molecule has 0 aliphatic carbocycles. The molecule has 6 heteroatoms. The maximum Gasteiger partial charge on any atom is 0.314 e. The van der Waals surface area contributed by atoms with Crippen LogP contribution in [0, 0.1) is 16.0 Å². The number of benzene rings is 1. The Bertz CT molecular complexity index is 419. The lowest BCUT2D eigenvalue weighted by Crippen LogP contribution is -2.23. The fraction of sp³-hybridized carbons (Fsp3) is 0.500. The minimum Gasteiger partial charge on any atom is -0.496 e. The van der Waals surface area contributed by atoms with Gasteiger partial charge in [0.25, 0.3) is 0 Å². The van der Waals surface area contributed by atoms with E-state index < -0.39 is 11.0 Å². The number of hydrogen-bond acceptors (Lipinski definition) is 5. The smallest absolute Gasteiger partial charge is 0.314 e. The first-order chi connectivity index (χ1) is 8.45. The molecule has 0 amide bonds. The highest BCUT2D eigenvalue weighted by Gasteiger charge is 2.18. The van der Waals surface area contributed by atoms with Crippen molar-refractivity contribution in [2.45, 2.75) is 20.0 Å². The van der Waals surface area contributed by atoms with Crippen molar-refractivity contribution in [1.82, 2.24) is 0 Å². The average Bonchev–Trinajstić information content (AvgIpc) is 2.35. The number of nitro groups is 1. The molecule has 0 saturated heterocycles. The molecule has 6 nitrogen and oxygen atoms in total. The van der Waals surface area contributed by atoms with E-state index >= 15 is 0 Å². The highest BCUT2D eigenvalue weighted by Crippen LogP contribution is 2.31. The molecular weight excluding hydrogens is 238 g/mol. The summed E-state index contributed by atoms with van der Waals surface area (Å²) in [6, 6.07) is 4.32. The number of methoxy groups -OCH3 is 1. The number of aliphatic hydroxyl groups excluding tert-OH is 1. The molecule has 1 unspecified atom stereocenters. The van der Waals surface area contributed by atoms with E-state index in [1.807, 2.05) is 13.8 Å². The van der Waals surface area contributed by atoms with Crippen LogP contribution in [0.3, 0.4) is 0 Å². The van der Waals surface area contributed by atoms with Crippen molar-refractivity contribution in [1.29, 1.82) is 0 Å². The van der Waals surface area contributed by atoms with Crippen LogP contribution in [-0.4, -0.2) is 29.9 Å². The zero-order valence-corrected chi connectivity index (χ0v) is 10.6. The summed E-state index contributed by atoms with van der Waals surface area (Å²) in [4.78, 5) is 10.3. The van der Waals surface area contributed by atoms with Gasteiger partial charge in [-0.2, -0.15) is 0 Å². The van der Waals surface area contributed by atoms with Gasteiger partial charge in [-0.15, -0.1) is 0 Å². The molecule has 1 N–H and O–H groups in total. The summed E-state index contributed by atoms with van der Waals surface area (Å²) in [5.41, 5.74) is -0.176. The van der Waals surface area contributed by atoms with E-state index in [2.05, 4.69) is 0 Å². The van der Waals surface area contributed by atoms with Crippen LogP contribution >= 0.6 is 0 Å². The van der Waals surface area contributed by atoms with Gasteiger partial charge in [0, 0.05) is 0 Å². The molecule has 0 heterocycles. The fourth-order valence-corrected chi connectivity index (χ4v) is 1.26. The Morgan fingerprint density at radius 1 is 1.44 bits per heavy atom. The van der Waals surface area contributed by atoms with Crippen LogP contribution in [0.15, 0.2) is 18.2 Å². The topological polar surface area (TPSA) is 81.8 Å². The minimum absolute atomic E-state index is 0.0187. The monoisotopic (exact) mass is 255 g/mol. The third-order valence-electron chi connectivity index (χ3n) is 2.54. The minimum atomic E-state index is -0.660. The number of nitrogens with zero attached hydrogens (tertiary/aromatic N) is 1. The second kappa shape index (κ2) is 6.20. The maximum absolute atomic E-state index is 10.9. The number of nitro benzene ring substituents is 1. The maximum atomic E-state index is 10.9. The number of aliphatic hydroxyl groups is 1. The van der Waals surface area contributed by atoms with Crippen molar-refractivity contribution < 1.29 is 19.5 Å². The summed E-state index contributed by atoms with van der Waals surface area (Å²) in [5, 5.41) is 20.5. The normalized spacial score (nSPS) is 12.3. The second-order valence-electron chi connectivity index (χ2n) is 4.21. The molecule has 18 heavy (non-hydrogen) atoms. The van der Waals surface area contributed by atoms with Gasteiger partial charge < -0.3 is 14.6 Å². The van der Waals surface area contributed by atoms with Crippen LogP contribution < -0.4 is 9.47 Å². The zero-order valence-electron chi connectivity index (χ0n) is 10.6. The first-order valence-corrected chi connectivity index (χ1v) is 5.59. The van der Waals surface area contributed by atoms with Gasteiger partial charge in [-0.25, -0.2) is 0 Å². The van der Waals surface area contributed by atoms with Gasteiger partial charge in [0.2, 0.25) is 0 Å². The average molecular weight is 255 g/mol. The Balaban J connectivity index is 2.85.